The molecule has 1 amide bonds. The van der Waals surface area contributed by atoms with Gasteiger partial charge in [0, 0.05) is 17.8 Å². The van der Waals surface area contributed by atoms with Crippen LogP contribution in [0.3, 0.4) is 0 Å². The van der Waals surface area contributed by atoms with E-state index in [1.165, 1.54) is 18.3 Å². The Labute approximate surface area is 163 Å². The van der Waals surface area contributed by atoms with Gasteiger partial charge in [0.05, 0.1) is 4.92 Å². The van der Waals surface area contributed by atoms with Gasteiger partial charge < -0.3 is 9.26 Å². The van der Waals surface area contributed by atoms with Crippen LogP contribution in [0.1, 0.15) is 24.3 Å². The SMILES string of the molecule is Cc1noc(-c2ccc([N+](=O)[O-])cn2)c1NC(=O)O[C@H](C)c1cccnc1Cl. The summed E-state index contributed by atoms with van der Waals surface area (Å²) in [6.07, 6.45) is 1.20. The molecule has 0 radical (unpaired) electrons. The van der Waals surface area contributed by atoms with Crippen molar-refractivity contribution in [2.24, 2.45) is 0 Å². The zero-order chi connectivity index (χ0) is 20.3. The average Bonchev–Trinajstić information content (AvgIpc) is 3.02. The molecule has 3 aromatic heterocycles. The molecule has 0 saturated heterocycles. The van der Waals surface area contributed by atoms with Crippen molar-refractivity contribution in [3.8, 4) is 11.5 Å². The molecule has 3 rings (SSSR count). The van der Waals surface area contributed by atoms with E-state index in [0.717, 1.165) is 6.20 Å². The lowest BCUT2D eigenvalue weighted by Gasteiger charge is -2.14. The smallest absolute Gasteiger partial charge is 0.412 e. The number of carbonyl (C=O) groups is 1. The first-order chi connectivity index (χ1) is 13.4. The summed E-state index contributed by atoms with van der Waals surface area (Å²) in [7, 11) is 0. The zero-order valence-corrected chi connectivity index (χ0v) is 15.5. The van der Waals surface area contributed by atoms with Gasteiger partial charge in [-0.05, 0) is 26.0 Å². The highest BCUT2D eigenvalue weighted by molar-refractivity contribution is 6.30. The Bertz CT molecular complexity index is 1020. The van der Waals surface area contributed by atoms with Gasteiger partial charge in [-0.1, -0.05) is 22.8 Å². The number of hydrogen-bond acceptors (Lipinski definition) is 8. The van der Waals surface area contributed by atoms with E-state index in [0.29, 0.717) is 11.3 Å². The predicted molar refractivity (Wildman–Crippen MR) is 98.9 cm³/mol. The second kappa shape index (κ2) is 8.01. The lowest BCUT2D eigenvalue weighted by Crippen LogP contribution is -2.17. The summed E-state index contributed by atoms with van der Waals surface area (Å²) in [4.78, 5) is 30.4. The fourth-order valence-electron chi connectivity index (χ4n) is 2.38. The van der Waals surface area contributed by atoms with E-state index in [9.17, 15) is 14.9 Å². The normalized spacial score (nSPS) is 11.7. The highest BCUT2D eigenvalue weighted by Gasteiger charge is 2.22. The van der Waals surface area contributed by atoms with Crippen LogP contribution >= 0.6 is 11.6 Å². The number of rotatable bonds is 5. The van der Waals surface area contributed by atoms with Gasteiger partial charge in [-0.3, -0.25) is 15.4 Å². The molecule has 10 nitrogen and oxygen atoms in total. The van der Waals surface area contributed by atoms with Crippen molar-refractivity contribution in [2.75, 3.05) is 5.32 Å². The number of carbonyl (C=O) groups excluding carboxylic acids is 1. The minimum atomic E-state index is -0.762. The molecule has 0 bridgehead atoms. The summed E-state index contributed by atoms with van der Waals surface area (Å²) in [6.45, 7) is 3.27. The van der Waals surface area contributed by atoms with Gasteiger partial charge >= 0.3 is 6.09 Å². The van der Waals surface area contributed by atoms with Crippen molar-refractivity contribution in [1.29, 1.82) is 0 Å². The summed E-state index contributed by atoms with van der Waals surface area (Å²) in [5, 5.41) is 17.4. The van der Waals surface area contributed by atoms with Crippen molar-refractivity contribution in [2.45, 2.75) is 20.0 Å². The van der Waals surface area contributed by atoms with Crippen LogP contribution in [0.25, 0.3) is 11.5 Å². The second-order valence-corrected chi connectivity index (χ2v) is 6.04. The third-order valence-electron chi connectivity index (χ3n) is 3.79. The third kappa shape index (κ3) is 4.07. The lowest BCUT2D eigenvalue weighted by molar-refractivity contribution is -0.385. The molecule has 0 saturated carbocycles. The third-order valence-corrected chi connectivity index (χ3v) is 4.11. The van der Waals surface area contributed by atoms with Crippen molar-refractivity contribution >= 4 is 29.1 Å². The first-order valence-electron chi connectivity index (χ1n) is 8.02. The molecule has 0 spiro atoms. The Hall–Kier alpha value is -3.53. The van der Waals surface area contributed by atoms with Crippen molar-refractivity contribution < 1.29 is 19.0 Å². The monoisotopic (exact) mass is 403 g/mol. The number of amides is 1. The van der Waals surface area contributed by atoms with E-state index in [-0.39, 0.29) is 28.0 Å². The molecule has 0 aliphatic rings. The molecule has 1 N–H and O–H groups in total. The Kier molecular flexibility index (Phi) is 5.50. The maximum Gasteiger partial charge on any atom is 0.412 e. The van der Waals surface area contributed by atoms with Crippen LogP contribution in [0.2, 0.25) is 5.15 Å². The minimum absolute atomic E-state index is 0.149. The molecule has 3 heterocycles. The Morgan fingerprint density at radius 3 is 2.79 bits per heavy atom. The standard InChI is InChI=1S/C17H14ClN5O5/c1-9-14(15(28-22-9)13-6-5-11(8-20-13)23(25)26)21-17(24)27-10(2)12-4-3-7-19-16(12)18/h3-8,10H,1-2H3,(H,21,24)/t10-/m1/s1. The van der Waals surface area contributed by atoms with E-state index in [4.69, 9.17) is 20.9 Å². The number of halogens is 1. The molecule has 0 fully saturated rings. The largest absolute Gasteiger partial charge is 0.441 e. The molecule has 0 unspecified atom stereocenters. The average molecular weight is 404 g/mol. The van der Waals surface area contributed by atoms with E-state index < -0.39 is 17.1 Å². The topological polar surface area (TPSA) is 133 Å². The summed E-state index contributed by atoms with van der Waals surface area (Å²) >= 11 is 6.01. The molecule has 3 aromatic rings. The van der Waals surface area contributed by atoms with Crippen LogP contribution in [-0.4, -0.2) is 26.1 Å². The number of aryl methyl sites for hydroxylation is 1. The number of ether oxygens (including phenoxy) is 1. The highest BCUT2D eigenvalue weighted by Crippen LogP contribution is 2.31. The van der Waals surface area contributed by atoms with Crippen LogP contribution in [0, 0.1) is 17.0 Å². The molecule has 144 valence electrons. The first-order valence-corrected chi connectivity index (χ1v) is 8.39. The van der Waals surface area contributed by atoms with Crippen LogP contribution in [0.5, 0.6) is 0 Å². The second-order valence-electron chi connectivity index (χ2n) is 5.69. The Morgan fingerprint density at radius 1 is 1.36 bits per heavy atom. The van der Waals surface area contributed by atoms with Gasteiger partial charge in [0.1, 0.15) is 34.5 Å². The number of nitrogens with zero attached hydrogens (tertiary/aromatic N) is 4. The molecule has 0 aromatic carbocycles. The number of anilines is 1. The summed E-state index contributed by atoms with van der Waals surface area (Å²) in [5.41, 5.74) is 1.29. The van der Waals surface area contributed by atoms with Crippen molar-refractivity contribution in [3.63, 3.8) is 0 Å². The number of pyridine rings is 2. The summed E-state index contributed by atoms with van der Waals surface area (Å²) in [5.74, 6) is 0.149. The quantitative estimate of drug-likeness (QED) is 0.378. The highest BCUT2D eigenvalue weighted by atomic mass is 35.5. The van der Waals surface area contributed by atoms with Crippen LogP contribution in [0.4, 0.5) is 16.2 Å². The summed E-state index contributed by atoms with van der Waals surface area (Å²) < 4.78 is 10.5. The number of nitro groups is 1. The lowest BCUT2D eigenvalue weighted by atomic mass is 10.2. The Balaban J connectivity index is 1.77. The van der Waals surface area contributed by atoms with E-state index in [2.05, 4.69) is 20.4 Å². The van der Waals surface area contributed by atoms with E-state index in [1.54, 1.807) is 26.0 Å². The minimum Gasteiger partial charge on any atom is -0.441 e. The van der Waals surface area contributed by atoms with Gasteiger partial charge in [-0.2, -0.15) is 0 Å². The first kappa shape index (κ1) is 19.2. The van der Waals surface area contributed by atoms with Crippen LogP contribution in [-0.2, 0) is 4.74 Å². The fourth-order valence-corrected chi connectivity index (χ4v) is 2.65. The van der Waals surface area contributed by atoms with Crippen molar-refractivity contribution in [3.05, 3.63) is 63.2 Å². The zero-order valence-electron chi connectivity index (χ0n) is 14.7. The van der Waals surface area contributed by atoms with E-state index in [1.807, 2.05) is 0 Å². The van der Waals surface area contributed by atoms with Crippen LogP contribution < -0.4 is 5.32 Å². The van der Waals surface area contributed by atoms with Gasteiger partial charge in [0.15, 0.2) is 0 Å². The molecule has 0 aliphatic heterocycles. The van der Waals surface area contributed by atoms with Gasteiger partial charge in [0.25, 0.3) is 5.69 Å². The maximum atomic E-state index is 12.3. The molecular weight excluding hydrogens is 390 g/mol. The molecule has 0 aliphatic carbocycles. The molecule has 28 heavy (non-hydrogen) atoms. The summed E-state index contributed by atoms with van der Waals surface area (Å²) in [6, 6.07) is 6.05. The van der Waals surface area contributed by atoms with Gasteiger partial charge in [-0.25, -0.2) is 14.8 Å². The Morgan fingerprint density at radius 2 is 2.14 bits per heavy atom. The molecule has 1 atom stereocenters. The van der Waals surface area contributed by atoms with E-state index >= 15 is 0 Å². The van der Waals surface area contributed by atoms with Crippen molar-refractivity contribution in [1.82, 2.24) is 15.1 Å². The maximum absolute atomic E-state index is 12.3. The fraction of sp³-hybridized carbons (Fsp3) is 0.176. The number of hydrogen-bond donors (Lipinski definition) is 1. The molecular formula is C17H14ClN5O5. The van der Waals surface area contributed by atoms with Gasteiger partial charge in [0.2, 0.25) is 5.76 Å². The molecule has 11 heteroatoms. The predicted octanol–water partition coefficient (Wildman–Crippen LogP) is 4.31. The van der Waals surface area contributed by atoms with Gasteiger partial charge in [-0.15, -0.1) is 0 Å². The number of aromatic nitrogens is 3. The number of nitrogens with one attached hydrogen (secondary N) is 1. The van der Waals surface area contributed by atoms with Crippen LogP contribution in [0.15, 0.2) is 41.2 Å².